The summed E-state index contributed by atoms with van der Waals surface area (Å²) in [5.41, 5.74) is 7.67. The lowest BCUT2D eigenvalue weighted by Crippen LogP contribution is -2.36. The number of aryl methyl sites for hydroxylation is 1. The third-order valence-corrected chi connectivity index (χ3v) is 4.80. The molecule has 3 nitrogen and oxygen atoms in total. The predicted molar refractivity (Wildman–Crippen MR) is 78.6 cm³/mol. The van der Waals surface area contributed by atoms with E-state index in [4.69, 9.17) is 5.73 Å². The van der Waals surface area contributed by atoms with Gasteiger partial charge < -0.3 is 5.73 Å². The maximum atomic E-state index is 6.36. The highest BCUT2D eigenvalue weighted by atomic mass is 79.9. The summed E-state index contributed by atoms with van der Waals surface area (Å²) in [5, 5.41) is 4.43. The van der Waals surface area contributed by atoms with E-state index < -0.39 is 0 Å². The van der Waals surface area contributed by atoms with Crippen molar-refractivity contribution in [3.63, 3.8) is 0 Å². The summed E-state index contributed by atoms with van der Waals surface area (Å²) in [6.45, 7) is 5.33. The molecule has 0 aliphatic heterocycles. The van der Waals surface area contributed by atoms with Crippen molar-refractivity contribution < 1.29 is 0 Å². The quantitative estimate of drug-likeness (QED) is 0.921. The number of aromatic nitrogens is 2. The SMILES string of the molecule is CCCC1CCC(N)C(c2c(Br)cnn2CC)C1. The molecule has 1 fully saturated rings. The minimum absolute atomic E-state index is 0.288. The fraction of sp³-hybridized carbons (Fsp3) is 0.786. The van der Waals surface area contributed by atoms with Crippen LogP contribution >= 0.6 is 15.9 Å². The monoisotopic (exact) mass is 313 g/mol. The Morgan fingerprint density at radius 2 is 2.22 bits per heavy atom. The number of hydrogen-bond acceptors (Lipinski definition) is 2. The van der Waals surface area contributed by atoms with Gasteiger partial charge in [0.05, 0.1) is 16.4 Å². The summed E-state index contributed by atoms with van der Waals surface area (Å²) in [6.07, 6.45) is 8.19. The van der Waals surface area contributed by atoms with E-state index in [1.165, 1.54) is 31.4 Å². The van der Waals surface area contributed by atoms with E-state index in [2.05, 4.69) is 39.6 Å². The molecule has 18 heavy (non-hydrogen) atoms. The Kier molecular flexibility index (Phi) is 4.84. The van der Waals surface area contributed by atoms with Gasteiger partial charge in [0.25, 0.3) is 0 Å². The maximum absolute atomic E-state index is 6.36. The van der Waals surface area contributed by atoms with Gasteiger partial charge in [0.15, 0.2) is 0 Å². The molecule has 1 heterocycles. The minimum Gasteiger partial charge on any atom is -0.327 e. The van der Waals surface area contributed by atoms with Crippen LogP contribution in [0.5, 0.6) is 0 Å². The van der Waals surface area contributed by atoms with Crippen molar-refractivity contribution in [1.82, 2.24) is 9.78 Å². The van der Waals surface area contributed by atoms with Crippen molar-refractivity contribution in [1.29, 1.82) is 0 Å². The number of rotatable bonds is 4. The molecule has 2 rings (SSSR count). The molecule has 1 aliphatic rings. The minimum atomic E-state index is 0.288. The molecule has 1 saturated carbocycles. The summed E-state index contributed by atoms with van der Waals surface area (Å²) < 4.78 is 3.23. The van der Waals surface area contributed by atoms with Crippen LogP contribution in [0.15, 0.2) is 10.7 Å². The molecule has 1 aromatic rings. The third kappa shape index (κ3) is 2.80. The van der Waals surface area contributed by atoms with E-state index in [-0.39, 0.29) is 6.04 Å². The van der Waals surface area contributed by atoms with Crippen LogP contribution in [0.3, 0.4) is 0 Å². The van der Waals surface area contributed by atoms with E-state index in [0.29, 0.717) is 5.92 Å². The first-order valence-electron chi connectivity index (χ1n) is 7.14. The molecule has 1 aliphatic carbocycles. The summed E-state index contributed by atoms with van der Waals surface area (Å²) in [5.74, 6) is 1.30. The van der Waals surface area contributed by atoms with Gasteiger partial charge in [-0.2, -0.15) is 5.10 Å². The number of hydrogen-bond donors (Lipinski definition) is 1. The molecule has 0 bridgehead atoms. The smallest absolute Gasteiger partial charge is 0.0635 e. The largest absolute Gasteiger partial charge is 0.327 e. The number of halogens is 1. The molecule has 0 spiro atoms. The maximum Gasteiger partial charge on any atom is 0.0635 e. The van der Waals surface area contributed by atoms with Crippen molar-refractivity contribution in [2.45, 2.75) is 64.5 Å². The van der Waals surface area contributed by atoms with E-state index in [9.17, 15) is 0 Å². The third-order valence-electron chi connectivity index (χ3n) is 4.19. The highest BCUT2D eigenvalue weighted by Crippen LogP contribution is 2.39. The van der Waals surface area contributed by atoms with Gasteiger partial charge in [-0.25, -0.2) is 0 Å². The molecule has 2 N–H and O–H groups in total. The Morgan fingerprint density at radius 3 is 2.89 bits per heavy atom. The van der Waals surface area contributed by atoms with Gasteiger partial charge in [-0.1, -0.05) is 19.8 Å². The van der Waals surface area contributed by atoms with Gasteiger partial charge in [0.1, 0.15) is 0 Å². The Hall–Kier alpha value is -0.350. The topological polar surface area (TPSA) is 43.8 Å². The first-order valence-corrected chi connectivity index (χ1v) is 7.93. The molecule has 0 saturated heterocycles. The standard InChI is InChI=1S/C14H24BrN3/c1-3-5-10-6-7-13(16)11(8-10)14-12(15)9-17-18(14)4-2/h9-11,13H,3-8,16H2,1-2H3. The highest BCUT2D eigenvalue weighted by molar-refractivity contribution is 9.10. The Bertz CT molecular complexity index is 388. The second-order valence-electron chi connectivity index (χ2n) is 5.43. The normalized spacial score (nSPS) is 28.6. The molecule has 3 unspecified atom stereocenters. The lowest BCUT2D eigenvalue weighted by molar-refractivity contribution is 0.265. The summed E-state index contributed by atoms with van der Waals surface area (Å²) in [7, 11) is 0. The van der Waals surface area contributed by atoms with Gasteiger partial charge in [-0.15, -0.1) is 0 Å². The van der Waals surface area contributed by atoms with Crippen molar-refractivity contribution in [3.05, 3.63) is 16.4 Å². The zero-order valence-corrected chi connectivity index (χ0v) is 13.0. The van der Waals surface area contributed by atoms with Gasteiger partial charge in [-0.3, -0.25) is 4.68 Å². The summed E-state index contributed by atoms with van der Waals surface area (Å²) in [4.78, 5) is 0. The van der Waals surface area contributed by atoms with Crippen LogP contribution in [0, 0.1) is 5.92 Å². The van der Waals surface area contributed by atoms with Crippen molar-refractivity contribution in [2.24, 2.45) is 11.7 Å². The van der Waals surface area contributed by atoms with Gasteiger partial charge in [0, 0.05) is 18.5 Å². The molecule has 3 atom stereocenters. The van der Waals surface area contributed by atoms with Crippen LogP contribution in [0.25, 0.3) is 0 Å². The van der Waals surface area contributed by atoms with Crippen LogP contribution in [-0.4, -0.2) is 15.8 Å². The van der Waals surface area contributed by atoms with Crippen molar-refractivity contribution >= 4 is 15.9 Å². The predicted octanol–water partition coefficient (Wildman–Crippen LogP) is 3.68. The first kappa shape index (κ1) is 14.1. The van der Waals surface area contributed by atoms with Crippen LogP contribution in [0.1, 0.15) is 57.6 Å². The second kappa shape index (κ2) is 6.20. The van der Waals surface area contributed by atoms with Gasteiger partial charge in [-0.05, 0) is 48.0 Å². The molecule has 0 amide bonds. The van der Waals surface area contributed by atoms with E-state index in [1.54, 1.807) is 0 Å². The summed E-state index contributed by atoms with van der Waals surface area (Å²) >= 11 is 3.64. The van der Waals surface area contributed by atoms with Crippen molar-refractivity contribution in [3.8, 4) is 0 Å². The average molecular weight is 314 g/mol. The molecule has 4 heteroatoms. The number of nitrogens with zero attached hydrogens (tertiary/aromatic N) is 2. The summed E-state index contributed by atoms with van der Waals surface area (Å²) in [6, 6.07) is 0.288. The van der Waals surface area contributed by atoms with Crippen LogP contribution in [0.4, 0.5) is 0 Å². The molecule has 102 valence electrons. The molecular formula is C14H24BrN3. The molecule has 1 aromatic heterocycles. The zero-order valence-electron chi connectivity index (χ0n) is 11.4. The second-order valence-corrected chi connectivity index (χ2v) is 6.29. The van der Waals surface area contributed by atoms with Crippen LogP contribution in [-0.2, 0) is 6.54 Å². The highest BCUT2D eigenvalue weighted by Gasteiger charge is 2.32. The Labute approximate surface area is 118 Å². The Balaban J connectivity index is 2.21. The van der Waals surface area contributed by atoms with Crippen molar-refractivity contribution in [2.75, 3.05) is 0 Å². The zero-order chi connectivity index (χ0) is 13.1. The van der Waals surface area contributed by atoms with E-state index in [1.807, 2.05) is 6.20 Å². The average Bonchev–Trinajstić information content (AvgIpc) is 2.73. The van der Waals surface area contributed by atoms with E-state index >= 15 is 0 Å². The molecular weight excluding hydrogens is 290 g/mol. The molecule has 0 aromatic carbocycles. The first-order chi connectivity index (χ1) is 8.67. The van der Waals surface area contributed by atoms with Crippen LogP contribution in [0.2, 0.25) is 0 Å². The lowest BCUT2D eigenvalue weighted by Gasteiger charge is -2.34. The van der Waals surface area contributed by atoms with E-state index in [0.717, 1.165) is 23.4 Å². The Morgan fingerprint density at radius 1 is 1.44 bits per heavy atom. The number of nitrogens with two attached hydrogens (primary N) is 1. The van der Waals surface area contributed by atoms with Crippen LogP contribution < -0.4 is 5.73 Å². The molecule has 0 radical (unpaired) electrons. The van der Waals surface area contributed by atoms with Gasteiger partial charge in [0.2, 0.25) is 0 Å². The van der Waals surface area contributed by atoms with Gasteiger partial charge >= 0.3 is 0 Å². The fourth-order valence-electron chi connectivity index (χ4n) is 3.26. The fourth-order valence-corrected chi connectivity index (χ4v) is 3.85. The lowest BCUT2D eigenvalue weighted by atomic mass is 9.75.